The van der Waals surface area contributed by atoms with Gasteiger partial charge >= 0.3 is 6.01 Å². The number of rotatable bonds is 5. The maximum atomic E-state index is 16.6. The van der Waals surface area contributed by atoms with Gasteiger partial charge in [-0.2, -0.15) is 9.97 Å². The van der Waals surface area contributed by atoms with Crippen molar-refractivity contribution >= 4 is 27.5 Å². The van der Waals surface area contributed by atoms with Crippen LogP contribution in [0.1, 0.15) is 51.0 Å². The number of nitrogens with zero attached hydrogens (tertiary/aromatic N) is 5. The van der Waals surface area contributed by atoms with E-state index in [-0.39, 0.29) is 28.3 Å². The number of β-amino-alcohol motifs (C(OH)–C–C–N with tert-alkyl or cyclic N) is 1. The summed E-state index contributed by atoms with van der Waals surface area (Å²) in [5.74, 6) is 1.70. The van der Waals surface area contributed by atoms with Crippen LogP contribution in [0.15, 0.2) is 36.5 Å². The van der Waals surface area contributed by atoms with Gasteiger partial charge < -0.3 is 14.7 Å². The molecule has 4 aromatic rings. The van der Waals surface area contributed by atoms with Gasteiger partial charge in [0.25, 0.3) is 0 Å². The van der Waals surface area contributed by atoms with Crippen molar-refractivity contribution in [2.75, 3.05) is 37.7 Å². The lowest BCUT2D eigenvalue weighted by molar-refractivity contribution is 0.0447. The van der Waals surface area contributed by atoms with Gasteiger partial charge in [0.15, 0.2) is 5.82 Å². The lowest BCUT2D eigenvalue weighted by Crippen LogP contribution is -2.46. The lowest BCUT2D eigenvalue weighted by Gasteiger charge is -2.38. The molecule has 216 valence electrons. The summed E-state index contributed by atoms with van der Waals surface area (Å²) in [5.41, 5.74) is -0.415. The molecule has 5 heterocycles. The van der Waals surface area contributed by atoms with Crippen molar-refractivity contribution in [2.24, 2.45) is 0 Å². The van der Waals surface area contributed by atoms with Crippen molar-refractivity contribution in [1.82, 2.24) is 19.9 Å². The van der Waals surface area contributed by atoms with Crippen LogP contribution in [0.5, 0.6) is 6.01 Å². The predicted molar refractivity (Wildman–Crippen MR) is 158 cm³/mol. The van der Waals surface area contributed by atoms with Crippen molar-refractivity contribution in [1.29, 1.82) is 0 Å². The first kappa shape index (κ1) is 27.0. The number of halogens is 2. The number of aliphatic hydroxyl groups is 1. The van der Waals surface area contributed by atoms with E-state index in [0.29, 0.717) is 53.7 Å². The Kier molecular flexibility index (Phi) is 6.52. The molecule has 3 aliphatic heterocycles. The summed E-state index contributed by atoms with van der Waals surface area (Å²) < 4.78 is 37.6. The van der Waals surface area contributed by atoms with Crippen molar-refractivity contribution in [3.63, 3.8) is 0 Å². The number of hydrogen-bond donors (Lipinski definition) is 1. The number of ether oxygens (including phenoxy) is 1. The number of anilines is 1. The normalized spacial score (nSPS) is 22.0. The summed E-state index contributed by atoms with van der Waals surface area (Å²) in [6.45, 7) is 5.34. The van der Waals surface area contributed by atoms with E-state index in [1.54, 1.807) is 37.4 Å². The highest BCUT2D eigenvalue weighted by atomic mass is 19.1. The van der Waals surface area contributed by atoms with Crippen LogP contribution in [0.3, 0.4) is 0 Å². The molecule has 1 N–H and O–H groups in total. The van der Waals surface area contributed by atoms with E-state index >= 15 is 4.39 Å². The summed E-state index contributed by atoms with van der Waals surface area (Å²) in [6, 6.07) is 8.30. The second-order valence-electron chi connectivity index (χ2n) is 12.2. The first-order valence-corrected chi connectivity index (χ1v) is 14.7. The molecule has 0 aliphatic carbocycles. The Morgan fingerprint density at radius 1 is 1.05 bits per heavy atom. The Balaban J connectivity index is 1.38. The van der Waals surface area contributed by atoms with Crippen LogP contribution in [0, 0.1) is 24.0 Å². The zero-order valence-corrected chi connectivity index (χ0v) is 23.7. The zero-order valence-electron chi connectivity index (χ0n) is 23.7. The highest BCUT2D eigenvalue weighted by Gasteiger charge is 2.45. The molecule has 0 unspecified atom stereocenters. The largest absolute Gasteiger partial charge is 0.461 e. The third-order valence-electron chi connectivity index (χ3n) is 9.29. The fourth-order valence-electron chi connectivity index (χ4n) is 7.27. The van der Waals surface area contributed by atoms with Gasteiger partial charge in [-0.05, 0) is 70.0 Å². The average Bonchev–Trinajstić information content (AvgIpc) is 3.56. The third kappa shape index (κ3) is 4.45. The first-order chi connectivity index (χ1) is 20.3. The minimum absolute atomic E-state index is 0.0211. The minimum atomic E-state index is -0.908. The fraction of sp³-hybridized carbons (Fsp3) is 0.424. The number of terminal acetylenes is 1. The number of hydrogen-bond acceptors (Lipinski definition) is 7. The molecule has 42 heavy (non-hydrogen) atoms. The zero-order chi connectivity index (χ0) is 29.1. The summed E-state index contributed by atoms with van der Waals surface area (Å²) in [5, 5.41) is 12.4. The molecule has 3 aliphatic rings. The molecule has 2 aromatic heterocycles. The number of piperidine rings is 1. The topological polar surface area (TPSA) is 74.6 Å². The molecule has 0 radical (unpaired) electrons. The molecule has 2 aromatic carbocycles. The van der Waals surface area contributed by atoms with E-state index in [2.05, 4.69) is 20.8 Å². The van der Waals surface area contributed by atoms with Crippen molar-refractivity contribution in [2.45, 2.75) is 56.6 Å². The van der Waals surface area contributed by atoms with E-state index < -0.39 is 17.2 Å². The van der Waals surface area contributed by atoms with Gasteiger partial charge in [0.05, 0.1) is 22.1 Å². The van der Waals surface area contributed by atoms with Crippen molar-refractivity contribution in [3.05, 3.63) is 53.7 Å². The Bertz CT molecular complexity index is 1740. The van der Waals surface area contributed by atoms with Gasteiger partial charge in [-0.1, -0.05) is 30.2 Å². The van der Waals surface area contributed by atoms with E-state index in [4.69, 9.17) is 16.1 Å². The van der Waals surface area contributed by atoms with E-state index in [0.717, 1.165) is 45.2 Å². The molecule has 0 saturated carbocycles. The Morgan fingerprint density at radius 2 is 1.83 bits per heavy atom. The average molecular weight is 570 g/mol. The standard InChI is InChI=1S/C33H33F2N5O2/c1-3-22-25(34)11-10-21-8-4-9-23(26(21)22)28-27(35)29-24(18-36-28)30(39-15-5-12-32(2,41)19-39)38-31(37-29)42-20-33-13-6-16-40(33)17-7-14-33/h1,4,8-11,18,41H,5-7,12-17,19-20H2,2H3/t32-/m1/s1. The van der Waals surface area contributed by atoms with Crippen LogP contribution >= 0.6 is 0 Å². The van der Waals surface area contributed by atoms with Gasteiger partial charge in [0, 0.05) is 30.2 Å². The smallest absolute Gasteiger partial charge is 0.319 e. The van der Waals surface area contributed by atoms with E-state index in [9.17, 15) is 9.50 Å². The van der Waals surface area contributed by atoms with Crippen molar-refractivity contribution < 1.29 is 18.6 Å². The van der Waals surface area contributed by atoms with Crippen LogP contribution < -0.4 is 9.64 Å². The number of benzene rings is 2. The van der Waals surface area contributed by atoms with Crippen LogP contribution in [0.2, 0.25) is 0 Å². The molecular weight excluding hydrogens is 536 g/mol. The molecule has 7 nitrogen and oxygen atoms in total. The number of fused-ring (bicyclic) bond motifs is 3. The quantitative estimate of drug-likeness (QED) is 0.320. The summed E-state index contributed by atoms with van der Waals surface area (Å²) >= 11 is 0. The van der Waals surface area contributed by atoms with Crippen LogP contribution in [-0.4, -0.2) is 68.9 Å². The van der Waals surface area contributed by atoms with E-state index in [1.807, 2.05) is 4.90 Å². The fourth-order valence-corrected chi connectivity index (χ4v) is 7.27. The maximum Gasteiger partial charge on any atom is 0.319 e. The Morgan fingerprint density at radius 3 is 2.60 bits per heavy atom. The first-order valence-electron chi connectivity index (χ1n) is 14.7. The molecule has 3 fully saturated rings. The van der Waals surface area contributed by atoms with Gasteiger partial charge in [-0.25, -0.2) is 8.78 Å². The minimum Gasteiger partial charge on any atom is -0.461 e. The SMILES string of the molecule is C#Cc1c(F)ccc2cccc(-c3ncc4c(N5CCC[C@@](C)(O)C5)nc(OCC56CCCN5CCC6)nc4c3F)c12. The van der Waals surface area contributed by atoms with Crippen LogP contribution in [0.25, 0.3) is 32.9 Å². The van der Waals surface area contributed by atoms with Gasteiger partial charge in [-0.3, -0.25) is 9.88 Å². The summed E-state index contributed by atoms with van der Waals surface area (Å²) in [4.78, 5) is 18.3. The summed E-state index contributed by atoms with van der Waals surface area (Å²) in [7, 11) is 0. The van der Waals surface area contributed by atoms with Gasteiger partial charge in [-0.15, -0.1) is 6.42 Å². The number of aromatic nitrogens is 3. The van der Waals surface area contributed by atoms with Crippen LogP contribution in [0.4, 0.5) is 14.6 Å². The Labute approximate surface area is 243 Å². The maximum absolute atomic E-state index is 16.6. The lowest BCUT2D eigenvalue weighted by atomic mass is 9.95. The highest BCUT2D eigenvalue weighted by molar-refractivity contribution is 6.02. The summed E-state index contributed by atoms with van der Waals surface area (Å²) in [6.07, 6.45) is 13.0. The Hall–Kier alpha value is -3.87. The monoisotopic (exact) mass is 569 g/mol. The molecular formula is C33H33F2N5O2. The molecule has 0 bridgehead atoms. The second-order valence-corrected chi connectivity index (χ2v) is 12.2. The molecule has 9 heteroatoms. The third-order valence-corrected chi connectivity index (χ3v) is 9.29. The number of pyridine rings is 1. The molecule has 1 atom stereocenters. The molecule has 0 amide bonds. The van der Waals surface area contributed by atoms with Gasteiger partial charge in [0.1, 0.15) is 29.5 Å². The predicted octanol–water partition coefficient (Wildman–Crippen LogP) is 5.46. The van der Waals surface area contributed by atoms with Gasteiger partial charge in [0.2, 0.25) is 0 Å². The van der Waals surface area contributed by atoms with Crippen molar-refractivity contribution in [3.8, 4) is 29.6 Å². The molecule has 7 rings (SSSR count). The second kappa shape index (κ2) is 10.1. The molecule has 0 spiro atoms. The van der Waals surface area contributed by atoms with E-state index in [1.165, 1.54) is 6.07 Å². The van der Waals surface area contributed by atoms with Crippen LogP contribution in [-0.2, 0) is 0 Å². The molecule has 3 saturated heterocycles. The highest BCUT2D eigenvalue weighted by Crippen LogP contribution is 2.40.